The lowest BCUT2D eigenvalue weighted by molar-refractivity contribution is -0.385. The molecule has 8 nitrogen and oxygen atoms in total. The third-order valence-corrected chi connectivity index (χ3v) is 3.25. The standard InChI is InChI=1S/C10H12N3O5P/c1-8-6-9(2-3-10(8)13(14)15)18-19(16,17)7-12-5-4-11/h2-3,6,12H,5,7H2,1H3,(H,16,17). The number of hydrogen-bond donors (Lipinski definition) is 2. The number of nitrogens with zero attached hydrogens (tertiary/aromatic N) is 2. The van der Waals surface area contributed by atoms with Gasteiger partial charge in [-0.2, -0.15) is 5.26 Å². The molecule has 0 radical (unpaired) electrons. The van der Waals surface area contributed by atoms with Crippen molar-refractivity contribution in [2.24, 2.45) is 0 Å². The molecule has 0 aliphatic heterocycles. The average Bonchev–Trinajstić information content (AvgIpc) is 2.28. The molecule has 0 fully saturated rings. The lowest BCUT2D eigenvalue weighted by Crippen LogP contribution is -2.17. The van der Waals surface area contributed by atoms with Gasteiger partial charge in [0.05, 0.1) is 17.5 Å². The maximum absolute atomic E-state index is 11.6. The van der Waals surface area contributed by atoms with E-state index in [0.29, 0.717) is 5.56 Å². The second-order valence-electron chi connectivity index (χ2n) is 3.68. The minimum Gasteiger partial charge on any atom is -0.424 e. The zero-order valence-corrected chi connectivity index (χ0v) is 11.0. The maximum atomic E-state index is 11.6. The number of aryl methyl sites for hydroxylation is 1. The Morgan fingerprint density at radius 3 is 2.84 bits per heavy atom. The smallest absolute Gasteiger partial charge is 0.390 e. The first-order chi connectivity index (χ1) is 8.85. The number of benzene rings is 1. The van der Waals surface area contributed by atoms with E-state index in [1.807, 2.05) is 0 Å². The van der Waals surface area contributed by atoms with Gasteiger partial charge in [-0.25, -0.2) is 4.57 Å². The molecule has 1 aromatic carbocycles. The van der Waals surface area contributed by atoms with Crippen molar-refractivity contribution < 1.29 is 18.9 Å². The summed E-state index contributed by atoms with van der Waals surface area (Å²) in [4.78, 5) is 19.6. The highest BCUT2D eigenvalue weighted by molar-refractivity contribution is 7.53. The summed E-state index contributed by atoms with van der Waals surface area (Å²) in [6, 6.07) is 5.52. The fraction of sp³-hybridized carbons (Fsp3) is 0.300. The molecule has 0 heterocycles. The first kappa shape index (κ1) is 15.1. The molecule has 0 bridgehead atoms. The number of nitro groups is 1. The van der Waals surface area contributed by atoms with Gasteiger partial charge in [0.2, 0.25) is 0 Å². The molecule has 0 aromatic heterocycles. The summed E-state index contributed by atoms with van der Waals surface area (Å²) in [5.74, 6) is 0.0627. The van der Waals surface area contributed by atoms with Crippen molar-refractivity contribution in [1.82, 2.24) is 5.32 Å². The second kappa shape index (κ2) is 6.29. The highest BCUT2D eigenvalue weighted by Crippen LogP contribution is 2.42. The van der Waals surface area contributed by atoms with Crippen molar-refractivity contribution in [3.05, 3.63) is 33.9 Å². The van der Waals surface area contributed by atoms with Crippen LogP contribution >= 0.6 is 7.60 Å². The minimum absolute atomic E-state index is 0.0627. The third-order valence-electron chi connectivity index (χ3n) is 2.13. The molecular formula is C10H12N3O5P. The van der Waals surface area contributed by atoms with Gasteiger partial charge in [0.25, 0.3) is 5.69 Å². The molecular weight excluding hydrogens is 273 g/mol. The first-order valence-electron chi connectivity index (χ1n) is 5.20. The predicted molar refractivity (Wildman–Crippen MR) is 66.8 cm³/mol. The fourth-order valence-electron chi connectivity index (χ4n) is 1.34. The number of nitro benzene ring substituents is 1. The Kier molecular flexibility index (Phi) is 5.01. The van der Waals surface area contributed by atoms with E-state index in [0.717, 1.165) is 0 Å². The molecule has 0 aliphatic rings. The molecule has 19 heavy (non-hydrogen) atoms. The van der Waals surface area contributed by atoms with Gasteiger partial charge in [-0.15, -0.1) is 0 Å². The van der Waals surface area contributed by atoms with E-state index in [2.05, 4.69) is 5.32 Å². The third kappa shape index (κ3) is 4.67. The topological polar surface area (TPSA) is 125 Å². The molecule has 0 saturated heterocycles. The van der Waals surface area contributed by atoms with Crippen LogP contribution in [0.1, 0.15) is 5.56 Å². The van der Waals surface area contributed by atoms with Crippen LogP contribution in [0.4, 0.5) is 5.69 Å². The monoisotopic (exact) mass is 285 g/mol. The van der Waals surface area contributed by atoms with Gasteiger partial charge in [0, 0.05) is 11.6 Å². The molecule has 9 heteroatoms. The molecule has 0 aliphatic carbocycles. The summed E-state index contributed by atoms with van der Waals surface area (Å²) < 4.78 is 16.5. The fourth-order valence-corrected chi connectivity index (χ4v) is 2.24. The van der Waals surface area contributed by atoms with Crippen LogP contribution in [0.15, 0.2) is 18.2 Å². The largest absolute Gasteiger partial charge is 0.424 e. The lowest BCUT2D eigenvalue weighted by atomic mass is 10.2. The van der Waals surface area contributed by atoms with Crippen molar-refractivity contribution in [2.75, 3.05) is 12.8 Å². The average molecular weight is 285 g/mol. The Morgan fingerprint density at radius 1 is 1.63 bits per heavy atom. The van der Waals surface area contributed by atoms with E-state index in [9.17, 15) is 19.6 Å². The zero-order chi connectivity index (χ0) is 14.5. The van der Waals surface area contributed by atoms with Gasteiger partial charge in [-0.05, 0) is 19.1 Å². The molecule has 1 unspecified atom stereocenters. The van der Waals surface area contributed by atoms with Crippen molar-refractivity contribution in [3.63, 3.8) is 0 Å². The Morgan fingerprint density at radius 2 is 2.32 bits per heavy atom. The molecule has 1 atom stereocenters. The first-order valence-corrected chi connectivity index (χ1v) is 6.96. The maximum Gasteiger partial charge on any atom is 0.390 e. The number of nitriles is 1. The van der Waals surface area contributed by atoms with Crippen LogP contribution in [0.2, 0.25) is 0 Å². The van der Waals surface area contributed by atoms with E-state index < -0.39 is 12.5 Å². The van der Waals surface area contributed by atoms with Gasteiger partial charge < -0.3 is 9.42 Å². The van der Waals surface area contributed by atoms with Gasteiger partial charge in [-0.1, -0.05) is 0 Å². The number of rotatable bonds is 6. The molecule has 102 valence electrons. The van der Waals surface area contributed by atoms with Crippen LogP contribution in [0, 0.1) is 28.4 Å². The van der Waals surface area contributed by atoms with Crippen LogP contribution in [0.5, 0.6) is 5.75 Å². The summed E-state index contributed by atoms with van der Waals surface area (Å²) in [6.45, 7) is 1.43. The van der Waals surface area contributed by atoms with Crippen molar-refractivity contribution in [1.29, 1.82) is 5.26 Å². The zero-order valence-electron chi connectivity index (χ0n) is 10.1. The summed E-state index contributed by atoms with van der Waals surface area (Å²) in [5.41, 5.74) is 0.232. The Hall–Kier alpha value is -1.94. The molecule has 0 amide bonds. The summed E-state index contributed by atoms with van der Waals surface area (Å²) in [6.07, 6.45) is -0.378. The Labute approximate surface area is 109 Å². The molecule has 0 saturated carbocycles. The van der Waals surface area contributed by atoms with Crippen LogP contribution in [-0.2, 0) is 4.57 Å². The van der Waals surface area contributed by atoms with Crippen molar-refractivity contribution >= 4 is 13.3 Å². The predicted octanol–water partition coefficient (Wildman–Crippen LogP) is 1.54. The summed E-state index contributed by atoms with van der Waals surface area (Å²) in [7, 11) is -3.93. The number of hydrogen-bond acceptors (Lipinski definition) is 6. The van der Waals surface area contributed by atoms with Crippen LogP contribution in [-0.4, -0.2) is 22.6 Å². The van der Waals surface area contributed by atoms with Crippen molar-refractivity contribution in [2.45, 2.75) is 6.92 Å². The van der Waals surface area contributed by atoms with Crippen LogP contribution in [0.25, 0.3) is 0 Å². The normalized spacial score (nSPS) is 13.3. The molecule has 1 aromatic rings. The van der Waals surface area contributed by atoms with E-state index in [1.54, 1.807) is 6.07 Å². The quantitative estimate of drug-likeness (QED) is 0.267. The van der Waals surface area contributed by atoms with E-state index in [4.69, 9.17) is 9.79 Å². The lowest BCUT2D eigenvalue weighted by Gasteiger charge is -2.13. The molecule has 1 rings (SSSR count). The van der Waals surface area contributed by atoms with Crippen molar-refractivity contribution in [3.8, 4) is 11.8 Å². The molecule has 2 N–H and O–H groups in total. The van der Waals surface area contributed by atoms with E-state index in [-0.39, 0.29) is 24.3 Å². The summed E-state index contributed by atoms with van der Waals surface area (Å²) >= 11 is 0. The van der Waals surface area contributed by atoms with Gasteiger partial charge in [0.1, 0.15) is 12.0 Å². The van der Waals surface area contributed by atoms with Crippen LogP contribution in [0.3, 0.4) is 0 Å². The SMILES string of the molecule is Cc1cc(OP(=O)(O)CNCC#N)ccc1[N+](=O)[O-]. The Balaban J connectivity index is 2.77. The van der Waals surface area contributed by atoms with Crippen LogP contribution < -0.4 is 9.84 Å². The highest BCUT2D eigenvalue weighted by Gasteiger charge is 2.21. The molecule has 0 spiro atoms. The highest BCUT2D eigenvalue weighted by atomic mass is 31.2. The van der Waals surface area contributed by atoms with Gasteiger partial charge >= 0.3 is 7.60 Å². The van der Waals surface area contributed by atoms with Gasteiger partial charge in [-0.3, -0.25) is 15.4 Å². The van der Waals surface area contributed by atoms with E-state index in [1.165, 1.54) is 25.1 Å². The second-order valence-corrected chi connectivity index (χ2v) is 5.45. The number of nitrogens with one attached hydrogen (secondary N) is 1. The summed E-state index contributed by atoms with van der Waals surface area (Å²) in [5, 5.41) is 21.3. The Bertz CT molecular complexity index is 569. The minimum atomic E-state index is -3.93. The van der Waals surface area contributed by atoms with E-state index >= 15 is 0 Å². The van der Waals surface area contributed by atoms with Gasteiger partial charge in [0.15, 0.2) is 0 Å².